The van der Waals surface area contributed by atoms with Crippen molar-refractivity contribution in [2.75, 3.05) is 14.1 Å². The molecule has 2 N–H and O–H groups in total. The Kier molecular flexibility index (Phi) is 4.49. The Bertz CT molecular complexity index is 256. The van der Waals surface area contributed by atoms with Crippen molar-refractivity contribution in [3.05, 3.63) is 12.2 Å². The molecule has 15 heavy (non-hydrogen) atoms. The molecule has 0 bridgehead atoms. The second kappa shape index (κ2) is 4.77. The van der Waals surface area contributed by atoms with E-state index >= 15 is 0 Å². The molecule has 0 spiro atoms. The molecule has 0 radical (unpaired) electrons. The first-order chi connectivity index (χ1) is 6.64. The van der Waals surface area contributed by atoms with Crippen LogP contribution in [-0.4, -0.2) is 35.5 Å². The molecule has 1 atom stereocenters. The van der Waals surface area contributed by atoms with Crippen LogP contribution in [0.1, 0.15) is 33.6 Å². The van der Waals surface area contributed by atoms with Crippen molar-refractivity contribution in [3.8, 4) is 0 Å². The van der Waals surface area contributed by atoms with Crippen molar-refractivity contribution in [2.45, 2.75) is 39.3 Å². The van der Waals surface area contributed by atoms with Gasteiger partial charge in [-0.15, -0.1) is 0 Å². The predicted molar refractivity (Wildman–Crippen MR) is 60.2 cm³/mol. The topological polar surface area (TPSA) is 49.3 Å². The van der Waals surface area contributed by atoms with Crippen molar-refractivity contribution in [1.82, 2.24) is 5.32 Å². The summed E-state index contributed by atoms with van der Waals surface area (Å²) in [4.78, 5) is 11.5. The summed E-state index contributed by atoms with van der Waals surface area (Å²) in [6, 6.07) is 0. The van der Waals surface area contributed by atoms with E-state index in [9.17, 15) is 10.0 Å². The highest BCUT2D eigenvalue weighted by molar-refractivity contribution is 5.92. The Hall–Kier alpha value is -0.870. The summed E-state index contributed by atoms with van der Waals surface area (Å²) >= 11 is 0. The molecule has 0 saturated heterocycles. The second-order valence-corrected chi connectivity index (χ2v) is 4.65. The molecule has 0 aliphatic rings. The molecule has 4 heteroatoms. The van der Waals surface area contributed by atoms with Crippen LogP contribution in [0.15, 0.2) is 12.2 Å². The standard InChI is InChI=1S/C11H22N2O2/c1-7-8-11(4,13(5,6)15)12-10(14)9(2)3/h15H,2,7-8H2,1,3-6H3/p+1. The summed E-state index contributed by atoms with van der Waals surface area (Å²) in [5.41, 5.74) is -0.226. The average Bonchev–Trinajstić information content (AvgIpc) is 2.02. The van der Waals surface area contributed by atoms with E-state index in [1.165, 1.54) is 0 Å². The largest absolute Gasteiger partial charge is 0.298 e. The predicted octanol–water partition coefficient (Wildman–Crippen LogP) is 1.66. The lowest BCUT2D eigenvalue weighted by Gasteiger charge is -2.40. The number of hydrogen-bond donors (Lipinski definition) is 2. The Morgan fingerprint density at radius 3 is 2.27 bits per heavy atom. The number of carbonyl (C=O) groups is 1. The number of rotatable bonds is 5. The molecule has 0 aromatic rings. The lowest BCUT2D eigenvalue weighted by atomic mass is 10.0. The number of hydroxylamine groups is 3. The second-order valence-electron chi connectivity index (χ2n) is 4.65. The Balaban J connectivity index is 4.82. The van der Waals surface area contributed by atoms with Gasteiger partial charge in [-0.25, -0.2) is 5.21 Å². The van der Waals surface area contributed by atoms with Crippen LogP contribution in [-0.2, 0) is 4.79 Å². The zero-order valence-corrected chi connectivity index (χ0v) is 10.4. The quantitative estimate of drug-likeness (QED) is 0.317. The van der Waals surface area contributed by atoms with Crippen molar-refractivity contribution in [2.24, 2.45) is 0 Å². The van der Waals surface area contributed by atoms with Crippen LogP contribution < -0.4 is 5.32 Å². The molecular weight excluding hydrogens is 192 g/mol. The Morgan fingerprint density at radius 1 is 1.53 bits per heavy atom. The van der Waals surface area contributed by atoms with Crippen LogP contribution in [0.4, 0.5) is 0 Å². The minimum atomic E-state index is -0.676. The molecule has 0 rings (SSSR count). The van der Waals surface area contributed by atoms with Crippen molar-refractivity contribution in [1.29, 1.82) is 0 Å². The van der Waals surface area contributed by atoms with Gasteiger partial charge in [-0.3, -0.25) is 10.1 Å². The average molecular weight is 215 g/mol. The number of hydrogen-bond acceptors (Lipinski definition) is 2. The third-order valence-corrected chi connectivity index (χ3v) is 2.72. The monoisotopic (exact) mass is 215 g/mol. The third kappa shape index (κ3) is 3.64. The van der Waals surface area contributed by atoms with E-state index in [0.29, 0.717) is 12.0 Å². The van der Waals surface area contributed by atoms with Gasteiger partial charge in [-0.2, -0.15) is 4.65 Å². The van der Waals surface area contributed by atoms with E-state index in [1.807, 2.05) is 13.8 Å². The first kappa shape index (κ1) is 14.1. The number of quaternary nitrogens is 1. The van der Waals surface area contributed by atoms with Gasteiger partial charge in [-0.1, -0.05) is 13.5 Å². The van der Waals surface area contributed by atoms with Gasteiger partial charge in [0.25, 0.3) is 5.91 Å². The minimum Gasteiger partial charge on any atom is -0.298 e. The van der Waals surface area contributed by atoms with E-state index < -0.39 is 5.66 Å². The molecule has 88 valence electrons. The molecule has 1 unspecified atom stereocenters. The Labute approximate surface area is 92.1 Å². The van der Waals surface area contributed by atoms with Gasteiger partial charge in [0.15, 0.2) is 0 Å². The zero-order valence-electron chi connectivity index (χ0n) is 10.4. The molecule has 1 amide bonds. The van der Waals surface area contributed by atoms with Gasteiger partial charge in [0.05, 0.1) is 0 Å². The summed E-state index contributed by atoms with van der Waals surface area (Å²) in [5.74, 6) is -0.216. The van der Waals surface area contributed by atoms with Gasteiger partial charge in [0.2, 0.25) is 5.66 Å². The third-order valence-electron chi connectivity index (χ3n) is 2.72. The molecule has 0 heterocycles. The molecule has 0 aliphatic heterocycles. The van der Waals surface area contributed by atoms with E-state index in [1.54, 1.807) is 21.0 Å². The Morgan fingerprint density at radius 2 is 2.00 bits per heavy atom. The van der Waals surface area contributed by atoms with E-state index in [4.69, 9.17) is 0 Å². The summed E-state index contributed by atoms with van der Waals surface area (Å²) in [5, 5.41) is 12.8. The van der Waals surface area contributed by atoms with E-state index in [2.05, 4.69) is 11.9 Å². The van der Waals surface area contributed by atoms with E-state index in [-0.39, 0.29) is 10.6 Å². The number of nitrogens with zero attached hydrogens (tertiary/aromatic N) is 1. The van der Waals surface area contributed by atoms with Gasteiger partial charge in [0.1, 0.15) is 14.1 Å². The summed E-state index contributed by atoms with van der Waals surface area (Å²) in [6.45, 7) is 9.08. The maximum absolute atomic E-state index is 11.5. The maximum Gasteiger partial charge on any atom is 0.251 e. The van der Waals surface area contributed by atoms with Crippen molar-refractivity contribution in [3.63, 3.8) is 0 Å². The fourth-order valence-corrected chi connectivity index (χ4v) is 1.31. The van der Waals surface area contributed by atoms with Gasteiger partial charge >= 0.3 is 0 Å². The maximum atomic E-state index is 11.5. The summed E-state index contributed by atoms with van der Waals surface area (Å²) < 4.78 is -0.292. The number of amides is 1. The molecular formula is C11H23N2O2+. The highest BCUT2D eigenvalue weighted by atomic mass is 16.5. The SMILES string of the molecule is C=C(C)C(=O)NC(C)(CCC)[N+](C)(C)O. The lowest BCUT2D eigenvalue weighted by molar-refractivity contribution is -1.11. The van der Waals surface area contributed by atoms with Crippen molar-refractivity contribution < 1.29 is 14.6 Å². The highest BCUT2D eigenvalue weighted by Crippen LogP contribution is 2.21. The van der Waals surface area contributed by atoms with Crippen LogP contribution in [0.3, 0.4) is 0 Å². The number of carbonyl (C=O) groups excluding carboxylic acids is 1. The smallest absolute Gasteiger partial charge is 0.251 e. The minimum absolute atomic E-state index is 0.216. The molecule has 4 nitrogen and oxygen atoms in total. The summed E-state index contributed by atoms with van der Waals surface area (Å²) in [6.07, 6.45) is 1.59. The van der Waals surface area contributed by atoms with Gasteiger partial charge in [0, 0.05) is 18.9 Å². The van der Waals surface area contributed by atoms with E-state index in [0.717, 1.165) is 6.42 Å². The van der Waals surface area contributed by atoms with Gasteiger partial charge < -0.3 is 0 Å². The summed E-state index contributed by atoms with van der Waals surface area (Å²) in [7, 11) is 3.29. The molecule has 0 aromatic heterocycles. The normalized spacial score (nSPS) is 15.6. The van der Waals surface area contributed by atoms with Crippen LogP contribution in [0.25, 0.3) is 0 Å². The van der Waals surface area contributed by atoms with Crippen LogP contribution >= 0.6 is 0 Å². The van der Waals surface area contributed by atoms with Crippen molar-refractivity contribution >= 4 is 5.91 Å². The molecule has 0 saturated carbocycles. The highest BCUT2D eigenvalue weighted by Gasteiger charge is 2.41. The van der Waals surface area contributed by atoms with Crippen LogP contribution in [0, 0.1) is 0 Å². The number of nitrogens with one attached hydrogen (secondary N) is 1. The van der Waals surface area contributed by atoms with Crippen LogP contribution in [0.2, 0.25) is 0 Å². The fourth-order valence-electron chi connectivity index (χ4n) is 1.31. The van der Waals surface area contributed by atoms with Crippen LogP contribution in [0.5, 0.6) is 0 Å². The van der Waals surface area contributed by atoms with Gasteiger partial charge in [-0.05, 0) is 13.3 Å². The molecule has 0 aromatic carbocycles. The lowest BCUT2D eigenvalue weighted by Crippen LogP contribution is -2.65. The fraction of sp³-hybridized carbons (Fsp3) is 0.727. The molecule has 0 fully saturated rings. The zero-order chi connectivity index (χ0) is 12.3. The first-order valence-electron chi connectivity index (χ1n) is 5.19. The first-order valence-corrected chi connectivity index (χ1v) is 5.19. The molecule has 0 aliphatic carbocycles.